The molecule has 0 N–H and O–H groups in total. The van der Waals surface area contributed by atoms with Crippen molar-refractivity contribution in [1.82, 2.24) is 24.2 Å². The summed E-state index contributed by atoms with van der Waals surface area (Å²) in [6, 6.07) is 3.87. The lowest BCUT2D eigenvalue weighted by atomic mass is 9.95. The molecule has 0 atom stereocenters. The van der Waals surface area contributed by atoms with Gasteiger partial charge in [-0.15, -0.1) is 0 Å². The van der Waals surface area contributed by atoms with Crippen molar-refractivity contribution in [2.24, 2.45) is 7.05 Å². The van der Waals surface area contributed by atoms with Crippen LogP contribution in [0.15, 0.2) is 24.5 Å². The third kappa shape index (κ3) is 2.20. The van der Waals surface area contributed by atoms with Gasteiger partial charge in [-0.2, -0.15) is 5.10 Å². The van der Waals surface area contributed by atoms with Crippen molar-refractivity contribution in [3.8, 4) is 0 Å². The summed E-state index contributed by atoms with van der Waals surface area (Å²) in [5, 5.41) is 5.70. The zero-order valence-corrected chi connectivity index (χ0v) is 14.4. The Morgan fingerprint density at radius 1 is 1.20 bits per heavy atom. The minimum atomic E-state index is 0.0932. The Balaban J connectivity index is 1.50. The Hall–Kier alpha value is -2.63. The number of carbonyl (C=O) groups is 1. The standard InChI is InChI=1S/C19H21N5O/c1-22-11-15(13-6-4-8-20-18(13)22)19(25)23-9-10-24-17(12-23)14-5-2-3-7-16(14)21-24/h4,6,8,11H,2-3,5,7,9-10,12H2,1H3. The highest BCUT2D eigenvalue weighted by atomic mass is 16.2. The molecule has 0 unspecified atom stereocenters. The van der Waals surface area contributed by atoms with Crippen molar-refractivity contribution >= 4 is 16.9 Å². The Kier molecular flexibility index (Phi) is 3.20. The molecule has 0 fully saturated rings. The molecule has 0 radical (unpaired) electrons. The molecule has 3 aromatic heterocycles. The predicted octanol–water partition coefficient (Wildman–Crippen LogP) is 2.30. The topological polar surface area (TPSA) is 56.0 Å². The maximum Gasteiger partial charge on any atom is 0.256 e. The second-order valence-corrected chi connectivity index (χ2v) is 7.06. The monoisotopic (exact) mass is 335 g/mol. The van der Waals surface area contributed by atoms with Crippen molar-refractivity contribution < 1.29 is 4.79 Å². The Morgan fingerprint density at radius 2 is 2.08 bits per heavy atom. The number of rotatable bonds is 1. The van der Waals surface area contributed by atoms with Gasteiger partial charge in [0.25, 0.3) is 5.91 Å². The van der Waals surface area contributed by atoms with Gasteiger partial charge in [-0.25, -0.2) is 4.98 Å². The third-order valence-corrected chi connectivity index (χ3v) is 5.51. The molecule has 2 aliphatic rings. The molecule has 0 bridgehead atoms. The SMILES string of the molecule is Cn1cc(C(=O)N2CCn3nc4c(c3C2)CCCC4)c2cccnc21. The van der Waals surface area contributed by atoms with Crippen LogP contribution in [0.5, 0.6) is 0 Å². The molecular formula is C19H21N5O. The maximum absolute atomic E-state index is 13.2. The smallest absolute Gasteiger partial charge is 0.256 e. The quantitative estimate of drug-likeness (QED) is 0.686. The number of nitrogens with zero attached hydrogens (tertiary/aromatic N) is 5. The normalized spacial score (nSPS) is 16.8. The van der Waals surface area contributed by atoms with E-state index in [0.29, 0.717) is 13.1 Å². The zero-order chi connectivity index (χ0) is 17.0. The van der Waals surface area contributed by atoms with Gasteiger partial charge < -0.3 is 9.47 Å². The predicted molar refractivity (Wildman–Crippen MR) is 94.3 cm³/mol. The summed E-state index contributed by atoms with van der Waals surface area (Å²) in [6.07, 6.45) is 8.32. The number of aryl methyl sites for hydroxylation is 2. The van der Waals surface area contributed by atoms with Crippen LogP contribution in [0.2, 0.25) is 0 Å². The third-order valence-electron chi connectivity index (χ3n) is 5.51. The van der Waals surface area contributed by atoms with E-state index in [4.69, 9.17) is 5.10 Å². The summed E-state index contributed by atoms with van der Waals surface area (Å²) in [7, 11) is 1.94. The minimum Gasteiger partial charge on any atom is -0.335 e. The fourth-order valence-electron chi connectivity index (χ4n) is 4.24. The first-order valence-electron chi connectivity index (χ1n) is 8.99. The second kappa shape index (κ2) is 5.44. The van der Waals surface area contributed by atoms with Gasteiger partial charge in [-0.1, -0.05) is 0 Å². The van der Waals surface area contributed by atoms with Crippen LogP contribution in [-0.2, 0) is 33.0 Å². The number of fused-ring (bicyclic) bond motifs is 4. The Labute approximate surface area is 146 Å². The zero-order valence-electron chi connectivity index (χ0n) is 14.4. The molecule has 5 rings (SSSR count). The molecule has 3 aromatic rings. The lowest BCUT2D eigenvalue weighted by Crippen LogP contribution is -2.38. The highest BCUT2D eigenvalue weighted by Gasteiger charge is 2.29. The molecule has 0 aromatic carbocycles. The molecule has 0 spiro atoms. The van der Waals surface area contributed by atoms with Crippen LogP contribution in [-0.4, -0.2) is 36.7 Å². The van der Waals surface area contributed by atoms with Crippen molar-refractivity contribution in [3.63, 3.8) is 0 Å². The number of carbonyl (C=O) groups excluding carboxylic acids is 1. The van der Waals surface area contributed by atoms with Crippen molar-refractivity contribution in [2.75, 3.05) is 6.54 Å². The second-order valence-electron chi connectivity index (χ2n) is 7.06. The highest BCUT2D eigenvalue weighted by Crippen LogP contribution is 2.28. The fourth-order valence-corrected chi connectivity index (χ4v) is 4.24. The van der Waals surface area contributed by atoms with Gasteiger partial charge in [0.15, 0.2) is 0 Å². The van der Waals surface area contributed by atoms with Crippen molar-refractivity contribution in [3.05, 3.63) is 47.0 Å². The first-order chi connectivity index (χ1) is 12.2. The summed E-state index contributed by atoms with van der Waals surface area (Å²) >= 11 is 0. The summed E-state index contributed by atoms with van der Waals surface area (Å²) in [5.41, 5.74) is 5.48. The van der Waals surface area contributed by atoms with Crippen molar-refractivity contribution in [1.29, 1.82) is 0 Å². The lowest BCUT2D eigenvalue weighted by molar-refractivity contribution is 0.0707. The van der Waals surface area contributed by atoms with E-state index in [2.05, 4.69) is 9.67 Å². The van der Waals surface area contributed by atoms with E-state index < -0.39 is 0 Å². The Bertz CT molecular complexity index is 983. The number of hydrogen-bond acceptors (Lipinski definition) is 3. The molecule has 6 heteroatoms. The van der Waals surface area contributed by atoms with Crippen LogP contribution in [0.3, 0.4) is 0 Å². The molecule has 1 aliphatic heterocycles. The molecule has 0 saturated carbocycles. The summed E-state index contributed by atoms with van der Waals surface area (Å²) in [6.45, 7) is 2.16. The first kappa shape index (κ1) is 14.7. The van der Waals surface area contributed by atoms with Gasteiger partial charge >= 0.3 is 0 Å². The van der Waals surface area contributed by atoms with Crippen LogP contribution in [0.1, 0.15) is 40.2 Å². The molecular weight excluding hydrogens is 314 g/mol. The van der Waals surface area contributed by atoms with E-state index >= 15 is 0 Å². The molecule has 6 nitrogen and oxygen atoms in total. The molecule has 25 heavy (non-hydrogen) atoms. The fraction of sp³-hybridized carbons (Fsp3) is 0.421. The maximum atomic E-state index is 13.2. The van der Waals surface area contributed by atoms with Crippen LogP contribution in [0, 0.1) is 0 Å². The average Bonchev–Trinajstić information content (AvgIpc) is 3.19. The summed E-state index contributed by atoms with van der Waals surface area (Å²) in [4.78, 5) is 19.5. The van der Waals surface area contributed by atoms with E-state index in [1.807, 2.05) is 34.8 Å². The number of pyridine rings is 1. The Morgan fingerprint density at radius 3 is 3.00 bits per heavy atom. The summed E-state index contributed by atoms with van der Waals surface area (Å²) < 4.78 is 4.06. The number of amides is 1. The largest absolute Gasteiger partial charge is 0.335 e. The van der Waals surface area contributed by atoms with Gasteiger partial charge in [0.05, 0.1) is 30.0 Å². The van der Waals surface area contributed by atoms with E-state index in [9.17, 15) is 4.79 Å². The molecule has 4 heterocycles. The van der Waals surface area contributed by atoms with E-state index in [-0.39, 0.29) is 5.91 Å². The first-order valence-corrected chi connectivity index (χ1v) is 8.99. The van der Waals surface area contributed by atoms with Gasteiger partial charge in [-0.3, -0.25) is 9.48 Å². The average molecular weight is 335 g/mol. The van der Waals surface area contributed by atoms with Gasteiger partial charge in [0.1, 0.15) is 5.65 Å². The molecule has 1 aliphatic carbocycles. The van der Waals surface area contributed by atoms with Gasteiger partial charge in [-0.05, 0) is 43.4 Å². The van der Waals surface area contributed by atoms with Crippen molar-refractivity contribution in [2.45, 2.75) is 38.8 Å². The van der Waals surface area contributed by atoms with Gasteiger partial charge in [0, 0.05) is 31.4 Å². The van der Waals surface area contributed by atoms with Crippen LogP contribution < -0.4 is 0 Å². The van der Waals surface area contributed by atoms with Crippen LogP contribution in [0.4, 0.5) is 0 Å². The number of hydrogen-bond donors (Lipinski definition) is 0. The van der Waals surface area contributed by atoms with E-state index in [0.717, 1.165) is 36.0 Å². The molecule has 1 amide bonds. The van der Waals surface area contributed by atoms with Gasteiger partial charge in [0.2, 0.25) is 0 Å². The molecule has 0 saturated heterocycles. The summed E-state index contributed by atoms with van der Waals surface area (Å²) in [5.74, 6) is 0.0932. The van der Waals surface area contributed by atoms with Crippen LogP contribution >= 0.6 is 0 Å². The van der Waals surface area contributed by atoms with Crippen LogP contribution in [0.25, 0.3) is 11.0 Å². The van der Waals surface area contributed by atoms with E-state index in [1.54, 1.807) is 6.20 Å². The minimum absolute atomic E-state index is 0.0932. The number of aromatic nitrogens is 4. The van der Waals surface area contributed by atoms with E-state index in [1.165, 1.54) is 29.8 Å². The molecule has 128 valence electrons. The highest BCUT2D eigenvalue weighted by molar-refractivity contribution is 6.06. The lowest BCUT2D eigenvalue weighted by Gasteiger charge is -2.28.